The predicted molar refractivity (Wildman–Crippen MR) is 74.2 cm³/mol. The Balaban J connectivity index is 1.55. The van der Waals surface area contributed by atoms with Gasteiger partial charge in [0.1, 0.15) is 6.07 Å². The van der Waals surface area contributed by atoms with E-state index in [2.05, 4.69) is 20.2 Å². The summed E-state index contributed by atoms with van der Waals surface area (Å²) in [5, 5.41) is 12.2. The number of nitriles is 1. The number of morpholine rings is 1. The largest absolute Gasteiger partial charge is 0.373 e. The van der Waals surface area contributed by atoms with E-state index in [0.717, 1.165) is 13.2 Å². The van der Waals surface area contributed by atoms with Crippen LogP contribution in [0.3, 0.4) is 0 Å². The number of anilines is 1. The normalized spacial score (nSPS) is 26.6. The molecule has 20 heavy (non-hydrogen) atoms. The van der Waals surface area contributed by atoms with Crippen LogP contribution in [0.2, 0.25) is 0 Å². The van der Waals surface area contributed by atoms with E-state index >= 15 is 0 Å². The van der Waals surface area contributed by atoms with Crippen molar-refractivity contribution in [1.82, 2.24) is 14.9 Å². The molecule has 0 saturated carbocycles. The van der Waals surface area contributed by atoms with Crippen LogP contribution in [0.25, 0.3) is 0 Å². The van der Waals surface area contributed by atoms with Crippen molar-refractivity contribution in [1.29, 1.82) is 5.26 Å². The lowest BCUT2D eigenvalue weighted by Gasteiger charge is -2.42. The zero-order chi connectivity index (χ0) is 13.8. The highest BCUT2D eigenvalue weighted by molar-refractivity contribution is 5.46. The predicted octanol–water partition coefficient (Wildman–Crippen LogP) is 1.01. The second-order valence-corrected chi connectivity index (χ2v) is 5.35. The lowest BCUT2D eigenvalue weighted by molar-refractivity contribution is -0.0689. The maximum atomic E-state index is 8.98. The minimum atomic E-state index is 0.151. The van der Waals surface area contributed by atoms with Crippen LogP contribution in [0.4, 0.5) is 5.82 Å². The lowest BCUT2D eigenvalue weighted by atomic mass is 10.0. The molecule has 0 amide bonds. The molecule has 0 bridgehead atoms. The van der Waals surface area contributed by atoms with Gasteiger partial charge < -0.3 is 10.1 Å². The van der Waals surface area contributed by atoms with Crippen LogP contribution < -0.4 is 5.32 Å². The standard InChI is InChI=1S/C14H19N5O/c15-7-13-14(17-5-4-16-13)18-8-12-9-19-6-2-1-3-11(19)10-20-12/h4-5,11-12H,1-3,6,8-10H2,(H,17,18)/t11-,12+/m1/s1. The van der Waals surface area contributed by atoms with Crippen molar-refractivity contribution in [3.63, 3.8) is 0 Å². The molecule has 106 valence electrons. The number of hydrogen-bond donors (Lipinski definition) is 1. The lowest BCUT2D eigenvalue weighted by Crippen LogP contribution is -2.53. The molecule has 0 aliphatic carbocycles. The van der Waals surface area contributed by atoms with Gasteiger partial charge in [-0.1, -0.05) is 6.42 Å². The molecule has 0 unspecified atom stereocenters. The molecule has 1 aromatic heterocycles. The molecule has 0 spiro atoms. The zero-order valence-corrected chi connectivity index (χ0v) is 11.5. The fourth-order valence-electron chi connectivity index (χ4n) is 2.93. The van der Waals surface area contributed by atoms with E-state index in [0.29, 0.717) is 24.1 Å². The highest BCUT2D eigenvalue weighted by Crippen LogP contribution is 2.22. The zero-order valence-electron chi connectivity index (χ0n) is 11.5. The summed E-state index contributed by atoms with van der Waals surface area (Å²) < 4.78 is 5.91. The number of nitrogens with zero attached hydrogens (tertiary/aromatic N) is 4. The molecule has 0 radical (unpaired) electrons. The molecular weight excluding hydrogens is 254 g/mol. The van der Waals surface area contributed by atoms with Crippen molar-refractivity contribution in [2.45, 2.75) is 31.4 Å². The van der Waals surface area contributed by atoms with Crippen LogP contribution in [-0.4, -0.2) is 53.3 Å². The molecule has 3 heterocycles. The van der Waals surface area contributed by atoms with Gasteiger partial charge in [-0.25, -0.2) is 9.97 Å². The first-order valence-electron chi connectivity index (χ1n) is 7.17. The Morgan fingerprint density at radius 2 is 2.30 bits per heavy atom. The number of hydrogen-bond acceptors (Lipinski definition) is 6. The Morgan fingerprint density at radius 1 is 1.40 bits per heavy atom. The van der Waals surface area contributed by atoms with Crippen molar-refractivity contribution >= 4 is 5.82 Å². The summed E-state index contributed by atoms with van der Waals surface area (Å²) in [6.45, 7) is 3.62. The van der Waals surface area contributed by atoms with Crippen LogP contribution in [-0.2, 0) is 4.74 Å². The summed E-state index contributed by atoms with van der Waals surface area (Å²) in [4.78, 5) is 10.7. The molecule has 6 heteroatoms. The van der Waals surface area contributed by atoms with E-state index in [4.69, 9.17) is 10.00 Å². The molecule has 1 N–H and O–H groups in total. The quantitative estimate of drug-likeness (QED) is 0.886. The summed E-state index contributed by atoms with van der Waals surface area (Å²) in [7, 11) is 0. The Bertz CT molecular complexity index is 501. The first kappa shape index (κ1) is 13.3. The average Bonchev–Trinajstić information content (AvgIpc) is 2.53. The van der Waals surface area contributed by atoms with Gasteiger partial charge >= 0.3 is 0 Å². The van der Waals surface area contributed by atoms with Gasteiger partial charge in [-0.3, -0.25) is 4.90 Å². The van der Waals surface area contributed by atoms with Crippen molar-refractivity contribution < 1.29 is 4.74 Å². The Morgan fingerprint density at radius 3 is 3.20 bits per heavy atom. The summed E-state index contributed by atoms with van der Waals surface area (Å²) in [6, 6.07) is 2.64. The number of aromatic nitrogens is 2. The van der Waals surface area contributed by atoms with Gasteiger partial charge in [0, 0.05) is 31.5 Å². The van der Waals surface area contributed by atoms with Gasteiger partial charge in [0.2, 0.25) is 0 Å². The molecule has 2 aliphatic heterocycles. The van der Waals surface area contributed by atoms with E-state index in [1.54, 1.807) is 6.20 Å². The monoisotopic (exact) mass is 273 g/mol. The van der Waals surface area contributed by atoms with E-state index < -0.39 is 0 Å². The van der Waals surface area contributed by atoms with Crippen molar-refractivity contribution in [3.05, 3.63) is 18.1 Å². The smallest absolute Gasteiger partial charge is 0.182 e. The van der Waals surface area contributed by atoms with Crippen LogP contribution in [0.15, 0.2) is 12.4 Å². The van der Waals surface area contributed by atoms with Crippen molar-refractivity contribution in [3.8, 4) is 6.07 Å². The van der Waals surface area contributed by atoms with Crippen LogP contribution >= 0.6 is 0 Å². The third-order valence-corrected chi connectivity index (χ3v) is 4.01. The minimum absolute atomic E-state index is 0.151. The first-order valence-corrected chi connectivity index (χ1v) is 7.17. The van der Waals surface area contributed by atoms with E-state index in [9.17, 15) is 0 Å². The van der Waals surface area contributed by atoms with E-state index in [-0.39, 0.29) is 6.10 Å². The van der Waals surface area contributed by atoms with E-state index in [1.165, 1.54) is 32.0 Å². The molecule has 3 rings (SSSR count). The first-order chi connectivity index (χ1) is 9.86. The highest BCUT2D eigenvalue weighted by Gasteiger charge is 2.30. The molecule has 2 aliphatic rings. The second kappa shape index (κ2) is 6.16. The Kier molecular flexibility index (Phi) is 4.09. The molecular formula is C14H19N5O. The number of rotatable bonds is 3. The summed E-state index contributed by atoms with van der Waals surface area (Å²) in [6.07, 6.45) is 7.13. The summed E-state index contributed by atoms with van der Waals surface area (Å²) in [5.74, 6) is 0.541. The van der Waals surface area contributed by atoms with Gasteiger partial charge in [-0.15, -0.1) is 0 Å². The average molecular weight is 273 g/mol. The molecule has 6 nitrogen and oxygen atoms in total. The minimum Gasteiger partial charge on any atom is -0.373 e. The fraction of sp³-hybridized carbons (Fsp3) is 0.643. The van der Waals surface area contributed by atoms with E-state index in [1.807, 2.05) is 6.07 Å². The van der Waals surface area contributed by atoms with Crippen LogP contribution in [0, 0.1) is 11.3 Å². The summed E-state index contributed by atoms with van der Waals surface area (Å²) in [5.41, 5.74) is 0.333. The number of nitrogens with one attached hydrogen (secondary N) is 1. The second-order valence-electron chi connectivity index (χ2n) is 5.35. The maximum Gasteiger partial charge on any atom is 0.182 e. The molecule has 1 aromatic rings. The molecule has 2 saturated heterocycles. The van der Waals surface area contributed by atoms with Crippen LogP contribution in [0.1, 0.15) is 25.0 Å². The third-order valence-electron chi connectivity index (χ3n) is 4.01. The van der Waals surface area contributed by atoms with Crippen molar-refractivity contribution in [2.75, 3.05) is 31.6 Å². The molecule has 2 atom stereocenters. The third kappa shape index (κ3) is 2.89. The fourth-order valence-corrected chi connectivity index (χ4v) is 2.93. The highest BCUT2D eigenvalue weighted by atomic mass is 16.5. The summed E-state index contributed by atoms with van der Waals surface area (Å²) >= 11 is 0. The Labute approximate surface area is 118 Å². The molecule has 0 aromatic carbocycles. The molecule has 2 fully saturated rings. The number of fused-ring (bicyclic) bond motifs is 1. The van der Waals surface area contributed by atoms with Crippen LogP contribution in [0.5, 0.6) is 0 Å². The van der Waals surface area contributed by atoms with Crippen molar-refractivity contribution in [2.24, 2.45) is 0 Å². The topological polar surface area (TPSA) is 74.1 Å². The van der Waals surface area contributed by atoms with Gasteiger partial charge in [0.25, 0.3) is 0 Å². The number of ether oxygens (including phenoxy) is 1. The SMILES string of the molecule is N#Cc1nccnc1NC[C@H]1CN2CCCC[C@@H]2CO1. The van der Waals surface area contributed by atoms with Gasteiger partial charge in [0.05, 0.1) is 12.7 Å². The number of piperidine rings is 1. The van der Waals surface area contributed by atoms with Gasteiger partial charge in [-0.2, -0.15) is 5.26 Å². The Hall–Kier alpha value is -1.71. The maximum absolute atomic E-state index is 8.98. The van der Waals surface area contributed by atoms with Gasteiger partial charge in [0.15, 0.2) is 11.5 Å². The van der Waals surface area contributed by atoms with Gasteiger partial charge in [-0.05, 0) is 19.4 Å².